The van der Waals surface area contributed by atoms with Crippen molar-refractivity contribution in [2.45, 2.75) is 12.8 Å². The molecule has 1 rings (SSSR count). The molecule has 1 atom stereocenters. The summed E-state index contributed by atoms with van der Waals surface area (Å²) >= 11 is 4.82. The first-order chi connectivity index (χ1) is 5.24. The zero-order valence-electron chi connectivity index (χ0n) is 6.07. The summed E-state index contributed by atoms with van der Waals surface area (Å²) in [5, 5.41) is 0. The monoisotopic (exact) mass is 168 g/mol. The number of carbonyl (C=O) groups excluding carboxylic acids is 1. The van der Waals surface area contributed by atoms with Crippen molar-refractivity contribution in [3.05, 3.63) is 22.7 Å². The van der Waals surface area contributed by atoms with Gasteiger partial charge in [0, 0.05) is 5.69 Å². The predicted octanol–water partition coefficient (Wildman–Crippen LogP) is 1.44. The molecule has 1 heterocycles. The number of nitrogens with zero attached hydrogens (tertiary/aromatic N) is 1. The Balaban J connectivity index is 3.05. The summed E-state index contributed by atoms with van der Waals surface area (Å²) in [4.78, 5) is 17.0. The Hall–Kier alpha value is -1.03. The minimum Gasteiger partial charge on any atom is -0.349 e. The molecule has 0 amide bonds. The van der Waals surface area contributed by atoms with Crippen LogP contribution in [0.4, 0.5) is 0 Å². The van der Waals surface area contributed by atoms with Crippen molar-refractivity contribution in [1.82, 2.24) is 9.97 Å². The summed E-state index contributed by atoms with van der Waals surface area (Å²) in [5.41, 5.74) is 0.806. The third-order valence-electron chi connectivity index (χ3n) is 1.40. The van der Waals surface area contributed by atoms with E-state index < -0.39 is 0 Å². The average molecular weight is 168 g/mol. The molecule has 1 aromatic rings. The lowest BCUT2D eigenvalue weighted by molar-refractivity contribution is -0.108. The zero-order valence-corrected chi connectivity index (χ0v) is 6.89. The van der Waals surface area contributed by atoms with Gasteiger partial charge in [-0.25, -0.2) is 4.98 Å². The van der Waals surface area contributed by atoms with Crippen LogP contribution in [0, 0.1) is 4.64 Å². The number of aldehydes is 1. The lowest BCUT2D eigenvalue weighted by Gasteiger charge is -2.01. The van der Waals surface area contributed by atoms with Gasteiger partial charge in [0.05, 0.1) is 12.2 Å². The molecule has 4 heteroatoms. The molecular weight excluding hydrogens is 160 g/mol. The second kappa shape index (κ2) is 3.39. The lowest BCUT2D eigenvalue weighted by atomic mass is 10.1. The van der Waals surface area contributed by atoms with Crippen molar-refractivity contribution in [3.8, 4) is 0 Å². The average Bonchev–Trinajstić information content (AvgIpc) is 2.03. The molecule has 0 bridgehead atoms. The summed E-state index contributed by atoms with van der Waals surface area (Å²) in [6.45, 7) is 1.80. The van der Waals surface area contributed by atoms with Gasteiger partial charge in [-0.2, -0.15) is 0 Å². The molecule has 11 heavy (non-hydrogen) atoms. The fraction of sp³-hybridized carbons (Fsp3) is 0.286. The van der Waals surface area contributed by atoms with Crippen LogP contribution in [0.15, 0.2) is 12.4 Å². The number of hydrogen-bond donors (Lipinski definition) is 1. The fourth-order valence-corrected chi connectivity index (χ4v) is 0.898. The molecule has 0 aliphatic carbocycles. The van der Waals surface area contributed by atoms with Gasteiger partial charge >= 0.3 is 0 Å². The Morgan fingerprint density at radius 3 is 3.09 bits per heavy atom. The molecule has 0 saturated heterocycles. The minimum absolute atomic E-state index is 0.139. The van der Waals surface area contributed by atoms with Crippen molar-refractivity contribution in [1.29, 1.82) is 0 Å². The smallest absolute Gasteiger partial charge is 0.129 e. The van der Waals surface area contributed by atoms with Crippen molar-refractivity contribution in [3.63, 3.8) is 0 Å². The Kier molecular flexibility index (Phi) is 2.48. The maximum Gasteiger partial charge on any atom is 0.129 e. The summed E-state index contributed by atoms with van der Waals surface area (Å²) in [7, 11) is 0. The van der Waals surface area contributed by atoms with E-state index in [2.05, 4.69) is 9.97 Å². The summed E-state index contributed by atoms with van der Waals surface area (Å²) in [6.07, 6.45) is 2.36. The van der Waals surface area contributed by atoms with Gasteiger partial charge in [-0.3, -0.25) is 0 Å². The van der Waals surface area contributed by atoms with Crippen LogP contribution in [0.5, 0.6) is 0 Å². The number of aromatic nitrogens is 2. The number of aromatic amines is 1. The van der Waals surface area contributed by atoms with E-state index in [0.717, 1.165) is 12.0 Å². The highest BCUT2D eigenvalue weighted by Crippen LogP contribution is 2.07. The van der Waals surface area contributed by atoms with E-state index in [1.165, 1.54) is 6.33 Å². The largest absolute Gasteiger partial charge is 0.349 e. The first-order valence-electron chi connectivity index (χ1n) is 3.24. The summed E-state index contributed by atoms with van der Waals surface area (Å²) < 4.78 is 0.507. The summed E-state index contributed by atoms with van der Waals surface area (Å²) in [6, 6.07) is 1.69. The van der Waals surface area contributed by atoms with Gasteiger partial charge in [0.15, 0.2) is 0 Å². The number of hydrogen-bond acceptors (Lipinski definition) is 3. The molecule has 1 N–H and O–H groups in total. The number of nitrogens with one attached hydrogen (secondary N) is 1. The Labute approximate surface area is 69.5 Å². The van der Waals surface area contributed by atoms with Crippen LogP contribution in [-0.4, -0.2) is 16.3 Å². The topological polar surface area (TPSA) is 45.8 Å². The Morgan fingerprint density at radius 2 is 2.55 bits per heavy atom. The highest BCUT2D eigenvalue weighted by molar-refractivity contribution is 7.71. The maximum atomic E-state index is 10.3. The SMILES string of the molecule is CC(C=O)c1cc(=S)nc[nH]1. The van der Waals surface area contributed by atoms with Crippen LogP contribution < -0.4 is 0 Å². The molecule has 0 radical (unpaired) electrons. The molecule has 1 aromatic heterocycles. The lowest BCUT2D eigenvalue weighted by Crippen LogP contribution is -1.97. The van der Waals surface area contributed by atoms with Gasteiger partial charge in [-0.05, 0) is 6.07 Å². The van der Waals surface area contributed by atoms with Crippen molar-refractivity contribution >= 4 is 18.5 Å². The maximum absolute atomic E-state index is 10.3. The van der Waals surface area contributed by atoms with Gasteiger partial charge in [-0.15, -0.1) is 0 Å². The molecule has 0 aliphatic heterocycles. The van der Waals surface area contributed by atoms with Crippen LogP contribution in [0.1, 0.15) is 18.5 Å². The van der Waals surface area contributed by atoms with E-state index in [4.69, 9.17) is 12.2 Å². The molecule has 0 fully saturated rings. The van der Waals surface area contributed by atoms with Crippen molar-refractivity contribution < 1.29 is 4.79 Å². The van der Waals surface area contributed by atoms with Crippen LogP contribution in [0.3, 0.4) is 0 Å². The normalized spacial score (nSPS) is 12.5. The van der Waals surface area contributed by atoms with E-state index in [0.29, 0.717) is 4.64 Å². The third-order valence-corrected chi connectivity index (χ3v) is 1.62. The van der Waals surface area contributed by atoms with E-state index in [-0.39, 0.29) is 5.92 Å². The number of rotatable bonds is 2. The molecule has 0 aliphatic rings. The first kappa shape index (κ1) is 8.07. The highest BCUT2D eigenvalue weighted by Gasteiger charge is 2.02. The molecule has 1 unspecified atom stereocenters. The van der Waals surface area contributed by atoms with Gasteiger partial charge in [0.1, 0.15) is 10.9 Å². The first-order valence-corrected chi connectivity index (χ1v) is 3.65. The van der Waals surface area contributed by atoms with Crippen LogP contribution in [0.25, 0.3) is 0 Å². The fourth-order valence-electron chi connectivity index (χ4n) is 0.719. The van der Waals surface area contributed by atoms with E-state index in [1.54, 1.807) is 13.0 Å². The van der Waals surface area contributed by atoms with E-state index in [9.17, 15) is 4.79 Å². The zero-order chi connectivity index (χ0) is 8.27. The molecule has 3 nitrogen and oxygen atoms in total. The van der Waals surface area contributed by atoms with Crippen molar-refractivity contribution in [2.75, 3.05) is 0 Å². The molecular formula is C7H8N2OS. The second-order valence-electron chi connectivity index (χ2n) is 2.27. The summed E-state index contributed by atoms with van der Waals surface area (Å²) in [5.74, 6) is -0.139. The number of H-pyrrole nitrogens is 1. The van der Waals surface area contributed by atoms with Crippen LogP contribution >= 0.6 is 12.2 Å². The van der Waals surface area contributed by atoms with Crippen molar-refractivity contribution in [2.24, 2.45) is 0 Å². The highest BCUT2D eigenvalue weighted by atomic mass is 32.1. The van der Waals surface area contributed by atoms with Gasteiger partial charge in [-0.1, -0.05) is 19.1 Å². The molecule has 58 valence electrons. The van der Waals surface area contributed by atoms with E-state index >= 15 is 0 Å². The standard InChI is InChI=1S/C7H8N2OS/c1-5(3-10)6-2-7(11)9-4-8-6/h2-5H,1H3,(H,8,9,11). The second-order valence-corrected chi connectivity index (χ2v) is 2.68. The minimum atomic E-state index is -0.139. The molecule has 0 aromatic carbocycles. The molecule has 0 saturated carbocycles. The Morgan fingerprint density at radius 1 is 1.82 bits per heavy atom. The Bertz CT molecular complexity index is 307. The third kappa shape index (κ3) is 1.94. The van der Waals surface area contributed by atoms with E-state index in [1.807, 2.05) is 0 Å². The molecule has 0 spiro atoms. The van der Waals surface area contributed by atoms with Gasteiger partial charge in [0.2, 0.25) is 0 Å². The van der Waals surface area contributed by atoms with Gasteiger partial charge in [0.25, 0.3) is 0 Å². The predicted molar refractivity (Wildman–Crippen MR) is 43.9 cm³/mol. The van der Waals surface area contributed by atoms with Gasteiger partial charge < -0.3 is 9.78 Å². The number of carbonyl (C=O) groups is 1. The van der Waals surface area contributed by atoms with Crippen LogP contribution in [0.2, 0.25) is 0 Å². The quantitative estimate of drug-likeness (QED) is 0.537. The van der Waals surface area contributed by atoms with Crippen LogP contribution in [-0.2, 0) is 4.79 Å².